The molecule has 1 unspecified atom stereocenters. The number of nitrogen functional groups attached to an aromatic ring is 1. The molecule has 0 aromatic carbocycles. The number of rotatable bonds is 7. The van der Waals surface area contributed by atoms with Gasteiger partial charge in [0.05, 0.1) is 19.3 Å². The summed E-state index contributed by atoms with van der Waals surface area (Å²) >= 11 is 0. The number of nitrogens with zero attached hydrogens (tertiary/aromatic N) is 5. The number of aliphatic hydroxyl groups excluding tert-OH is 1. The SMILES string of the molecule is COCC(CO)Nc1nc(NN)nc(-n2ccnc2)n1. The van der Waals surface area contributed by atoms with Crippen LogP contribution in [0.2, 0.25) is 0 Å². The number of aromatic nitrogens is 5. The summed E-state index contributed by atoms with van der Waals surface area (Å²) < 4.78 is 6.59. The number of nitrogens with two attached hydrogens (primary N) is 1. The van der Waals surface area contributed by atoms with Crippen molar-refractivity contribution in [2.45, 2.75) is 6.04 Å². The molecule has 2 aromatic rings. The fourth-order valence-electron chi connectivity index (χ4n) is 1.51. The molecule has 0 bridgehead atoms. The zero-order chi connectivity index (χ0) is 14.4. The van der Waals surface area contributed by atoms with Crippen molar-refractivity contribution in [3.8, 4) is 5.95 Å². The van der Waals surface area contributed by atoms with E-state index in [0.29, 0.717) is 12.6 Å². The summed E-state index contributed by atoms with van der Waals surface area (Å²) in [6.45, 7) is 0.194. The third-order valence-electron chi connectivity index (χ3n) is 2.41. The molecule has 5 N–H and O–H groups in total. The van der Waals surface area contributed by atoms with Crippen molar-refractivity contribution in [1.82, 2.24) is 24.5 Å². The number of methoxy groups -OCH3 is 1. The van der Waals surface area contributed by atoms with Crippen LogP contribution in [0.25, 0.3) is 5.95 Å². The van der Waals surface area contributed by atoms with Crippen LogP contribution in [0.1, 0.15) is 0 Å². The zero-order valence-corrected chi connectivity index (χ0v) is 10.9. The van der Waals surface area contributed by atoms with E-state index in [9.17, 15) is 5.11 Å². The van der Waals surface area contributed by atoms with E-state index in [1.165, 1.54) is 0 Å². The molecule has 0 spiro atoms. The van der Waals surface area contributed by atoms with Gasteiger partial charge in [-0.3, -0.25) is 9.99 Å². The molecule has 2 heterocycles. The van der Waals surface area contributed by atoms with Crippen LogP contribution >= 0.6 is 0 Å². The quantitative estimate of drug-likeness (QED) is 0.362. The number of hydrogen-bond acceptors (Lipinski definition) is 9. The Morgan fingerprint density at radius 3 is 2.80 bits per heavy atom. The molecule has 0 amide bonds. The number of nitrogens with one attached hydrogen (secondary N) is 2. The molecule has 2 aromatic heterocycles. The second kappa shape index (κ2) is 6.75. The maximum atomic E-state index is 9.23. The Bertz CT molecular complexity index is 532. The largest absolute Gasteiger partial charge is 0.394 e. The van der Waals surface area contributed by atoms with Gasteiger partial charge in [0.1, 0.15) is 6.33 Å². The first kappa shape index (κ1) is 14.1. The molecule has 1 atom stereocenters. The molecule has 2 rings (SSSR count). The monoisotopic (exact) mass is 280 g/mol. The molecule has 0 saturated heterocycles. The Morgan fingerprint density at radius 2 is 2.20 bits per heavy atom. The van der Waals surface area contributed by atoms with Crippen LogP contribution in [0.5, 0.6) is 0 Å². The first-order valence-electron chi connectivity index (χ1n) is 5.84. The number of hydrogen-bond donors (Lipinski definition) is 4. The molecule has 0 aliphatic carbocycles. The van der Waals surface area contributed by atoms with Gasteiger partial charge < -0.3 is 15.2 Å². The van der Waals surface area contributed by atoms with Crippen molar-refractivity contribution >= 4 is 11.9 Å². The predicted molar refractivity (Wildman–Crippen MR) is 71.1 cm³/mol. The maximum Gasteiger partial charge on any atom is 0.243 e. The fourth-order valence-corrected chi connectivity index (χ4v) is 1.51. The van der Waals surface area contributed by atoms with Gasteiger partial charge in [-0.05, 0) is 0 Å². The van der Waals surface area contributed by atoms with Crippen molar-refractivity contribution in [2.24, 2.45) is 5.84 Å². The third kappa shape index (κ3) is 3.38. The fraction of sp³-hybridized carbons (Fsp3) is 0.400. The summed E-state index contributed by atoms with van der Waals surface area (Å²) in [4.78, 5) is 16.3. The second-order valence-corrected chi connectivity index (χ2v) is 3.88. The zero-order valence-electron chi connectivity index (χ0n) is 10.9. The second-order valence-electron chi connectivity index (χ2n) is 3.88. The standard InChI is InChI=1S/C10H16N8O2/c1-20-5-7(4-19)13-8-14-9(17-11)16-10(15-8)18-3-2-12-6-18/h2-3,6-7,19H,4-5,11H2,1H3,(H2,13,14,15,16,17). The molecular weight excluding hydrogens is 264 g/mol. The van der Waals surface area contributed by atoms with Gasteiger partial charge in [0.15, 0.2) is 0 Å². The predicted octanol–water partition coefficient (Wildman–Crippen LogP) is -1.24. The van der Waals surface area contributed by atoms with Crippen LogP contribution in [0, 0.1) is 0 Å². The van der Waals surface area contributed by atoms with Crippen molar-refractivity contribution in [1.29, 1.82) is 0 Å². The molecule has 20 heavy (non-hydrogen) atoms. The average Bonchev–Trinajstić information content (AvgIpc) is 3.00. The first-order chi connectivity index (χ1) is 9.76. The van der Waals surface area contributed by atoms with Crippen LogP contribution in [0.4, 0.5) is 11.9 Å². The smallest absolute Gasteiger partial charge is 0.243 e. The summed E-state index contributed by atoms with van der Waals surface area (Å²) in [5, 5.41) is 12.2. The van der Waals surface area contributed by atoms with Gasteiger partial charge in [0, 0.05) is 19.5 Å². The van der Waals surface area contributed by atoms with Gasteiger partial charge >= 0.3 is 0 Å². The molecule has 108 valence electrons. The normalized spacial score (nSPS) is 12.2. The maximum absolute atomic E-state index is 9.23. The Labute approximate surface area is 115 Å². The van der Waals surface area contributed by atoms with Gasteiger partial charge in [-0.2, -0.15) is 15.0 Å². The topological polar surface area (TPSA) is 136 Å². The Kier molecular flexibility index (Phi) is 4.76. The summed E-state index contributed by atoms with van der Waals surface area (Å²) in [6, 6.07) is -0.330. The minimum atomic E-state index is -0.330. The summed E-state index contributed by atoms with van der Waals surface area (Å²) in [7, 11) is 1.54. The minimum absolute atomic E-state index is 0.120. The average molecular weight is 280 g/mol. The highest BCUT2D eigenvalue weighted by molar-refractivity contribution is 5.37. The van der Waals surface area contributed by atoms with Crippen molar-refractivity contribution in [3.63, 3.8) is 0 Å². The Hall–Kier alpha value is -2.30. The van der Waals surface area contributed by atoms with Gasteiger partial charge in [0.25, 0.3) is 0 Å². The lowest BCUT2D eigenvalue weighted by atomic mass is 10.3. The molecule has 10 heteroatoms. The van der Waals surface area contributed by atoms with E-state index >= 15 is 0 Å². The van der Waals surface area contributed by atoms with E-state index in [-0.39, 0.29) is 24.5 Å². The van der Waals surface area contributed by atoms with E-state index in [0.717, 1.165) is 0 Å². The molecule has 0 aliphatic heterocycles. The first-order valence-corrected chi connectivity index (χ1v) is 5.84. The molecule has 0 saturated carbocycles. The number of hydrazine groups is 1. The molecule has 0 aliphatic rings. The summed E-state index contributed by atoms with van der Waals surface area (Å²) in [6.07, 6.45) is 4.85. The highest BCUT2D eigenvalue weighted by atomic mass is 16.5. The number of aliphatic hydroxyl groups is 1. The molecule has 0 radical (unpaired) electrons. The lowest BCUT2D eigenvalue weighted by Crippen LogP contribution is -2.30. The van der Waals surface area contributed by atoms with Crippen LogP contribution in [-0.4, -0.2) is 56.0 Å². The number of anilines is 2. The summed E-state index contributed by atoms with van der Waals surface area (Å²) in [5.74, 6) is 6.15. The number of ether oxygens (including phenoxy) is 1. The number of imidazole rings is 1. The van der Waals surface area contributed by atoms with E-state index < -0.39 is 0 Å². The Morgan fingerprint density at radius 1 is 1.40 bits per heavy atom. The lowest BCUT2D eigenvalue weighted by Gasteiger charge is -2.15. The van der Waals surface area contributed by atoms with E-state index in [4.69, 9.17) is 10.6 Å². The van der Waals surface area contributed by atoms with Crippen LogP contribution in [0.15, 0.2) is 18.7 Å². The van der Waals surface area contributed by atoms with Crippen molar-refractivity contribution < 1.29 is 9.84 Å². The van der Waals surface area contributed by atoms with E-state index in [1.54, 1.807) is 30.4 Å². The highest BCUT2D eigenvalue weighted by Crippen LogP contribution is 2.09. The minimum Gasteiger partial charge on any atom is -0.394 e. The molecule has 10 nitrogen and oxygen atoms in total. The molecular formula is C10H16N8O2. The third-order valence-corrected chi connectivity index (χ3v) is 2.41. The molecule has 0 fully saturated rings. The Balaban J connectivity index is 2.26. The van der Waals surface area contributed by atoms with Gasteiger partial charge in [-0.25, -0.2) is 10.8 Å². The van der Waals surface area contributed by atoms with Crippen LogP contribution in [-0.2, 0) is 4.74 Å². The van der Waals surface area contributed by atoms with Crippen LogP contribution in [0.3, 0.4) is 0 Å². The van der Waals surface area contributed by atoms with Gasteiger partial charge in [0.2, 0.25) is 17.8 Å². The van der Waals surface area contributed by atoms with E-state index in [1.807, 2.05) is 0 Å². The van der Waals surface area contributed by atoms with Gasteiger partial charge in [-0.15, -0.1) is 0 Å². The summed E-state index contributed by atoms with van der Waals surface area (Å²) in [5.41, 5.74) is 2.36. The van der Waals surface area contributed by atoms with Crippen LogP contribution < -0.4 is 16.6 Å². The van der Waals surface area contributed by atoms with Gasteiger partial charge in [-0.1, -0.05) is 0 Å². The lowest BCUT2D eigenvalue weighted by molar-refractivity contribution is 0.153. The van der Waals surface area contributed by atoms with E-state index in [2.05, 4.69) is 30.7 Å². The van der Waals surface area contributed by atoms with Crippen molar-refractivity contribution in [3.05, 3.63) is 18.7 Å². The van der Waals surface area contributed by atoms with Crippen molar-refractivity contribution in [2.75, 3.05) is 31.1 Å². The highest BCUT2D eigenvalue weighted by Gasteiger charge is 2.12.